The van der Waals surface area contributed by atoms with Gasteiger partial charge in [-0.25, -0.2) is 0 Å². The van der Waals surface area contributed by atoms with E-state index in [2.05, 4.69) is 5.32 Å². The molecule has 120 valence electrons. The van der Waals surface area contributed by atoms with Gasteiger partial charge in [0.2, 0.25) is 5.91 Å². The van der Waals surface area contributed by atoms with Crippen molar-refractivity contribution in [2.24, 2.45) is 5.73 Å². The number of nitrogens with two attached hydrogens (primary N) is 1. The average Bonchev–Trinajstić information content (AvgIpc) is 2.51. The number of carbonyl (C=O) groups is 2. The second-order valence-corrected chi connectivity index (χ2v) is 5.42. The first-order valence-corrected chi connectivity index (χ1v) is 7.65. The molecule has 1 aliphatic rings. The molecule has 22 heavy (non-hydrogen) atoms. The molecule has 2 rings (SSSR count). The zero-order valence-electron chi connectivity index (χ0n) is 12.9. The minimum Gasteiger partial charge on any atom is -0.482 e. The van der Waals surface area contributed by atoms with E-state index in [1.165, 1.54) is 0 Å². The highest BCUT2D eigenvalue weighted by Gasteiger charge is 2.22. The minimum absolute atomic E-state index is 0.0154. The molecule has 3 N–H and O–H groups in total. The first-order valence-electron chi connectivity index (χ1n) is 7.65. The van der Waals surface area contributed by atoms with Crippen LogP contribution >= 0.6 is 0 Å². The van der Waals surface area contributed by atoms with E-state index in [-0.39, 0.29) is 18.4 Å². The number of ether oxygens (including phenoxy) is 1. The van der Waals surface area contributed by atoms with E-state index in [1.807, 2.05) is 0 Å². The lowest BCUT2D eigenvalue weighted by atomic mass is 10.1. The van der Waals surface area contributed by atoms with Gasteiger partial charge in [-0.2, -0.15) is 0 Å². The van der Waals surface area contributed by atoms with Gasteiger partial charge >= 0.3 is 0 Å². The summed E-state index contributed by atoms with van der Waals surface area (Å²) in [6.07, 6.45) is 4.44. The molecule has 0 saturated heterocycles. The summed E-state index contributed by atoms with van der Waals surface area (Å²) in [7, 11) is 1.70. The Morgan fingerprint density at radius 3 is 2.86 bits per heavy atom. The molecule has 0 bridgehead atoms. The van der Waals surface area contributed by atoms with Crippen molar-refractivity contribution in [1.82, 2.24) is 0 Å². The molecule has 0 saturated carbocycles. The third-order valence-electron chi connectivity index (χ3n) is 3.69. The molecule has 1 heterocycles. The van der Waals surface area contributed by atoms with E-state index < -0.39 is 0 Å². The third kappa shape index (κ3) is 4.21. The van der Waals surface area contributed by atoms with Crippen LogP contribution in [-0.4, -0.2) is 32.0 Å². The monoisotopic (exact) mass is 305 g/mol. The first-order chi connectivity index (χ1) is 10.6. The largest absolute Gasteiger partial charge is 0.482 e. The topological polar surface area (TPSA) is 84.7 Å². The Hall–Kier alpha value is -2.08. The molecule has 1 aromatic rings. The molecule has 1 aliphatic heterocycles. The number of nitrogens with zero attached hydrogens (tertiary/aromatic N) is 1. The highest BCUT2D eigenvalue weighted by atomic mass is 16.5. The SMILES string of the molecule is CN1C(=O)COc2ccc(NC(=O)CCCCCCN)cc21. The van der Waals surface area contributed by atoms with E-state index in [1.54, 1.807) is 30.1 Å². The summed E-state index contributed by atoms with van der Waals surface area (Å²) in [4.78, 5) is 25.1. The average molecular weight is 305 g/mol. The van der Waals surface area contributed by atoms with Crippen molar-refractivity contribution >= 4 is 23.2 Å². The Bertz CT molecular complexity index is 545. The van der Waals surface area contributed by atoms with Gasteiger partial charge in [0.1, 0.15) is 5.75 Å². The lowest BCUT2D eigenvalue weighted by Gasteiger charge is -2.26. The number of nitrogens with one attached hydrogen (secondary N) is 1. The lowest BCUT2D eigenvalue weighted by Crippen LogP contribution is -2.35. The van der Waals surface area contributed by atoms with Crippen molar-refractivity contribution in [1.29, 1.82) is 0 Å². The fourth-order valence-corrected chi connectivity index (χ4v) is 2.36. The van der Waals surface area contributed by atoms with Gasteiger partial charge in [0, 0.05) is 19.2 Å². The second kappa shape index (κ2) is 7.79. The molecule has 0 aromatic heterocycles. The van der Waals surface area contributed by atoms with E-state index in [0.29, 0.717) is 30.1 Å². The number of unbranched alkanes of at least 4 members (excludes halogenated alkanes) is 3. The quantitative estimate of drug-likeness (QED) is 0.753. The highest BCUT2D eigenvalue weighted by Crippen LogP contribution is 2.33. The van der Waals surface area contributed by atoms with Gasteiger partial charge in [0.25, 0.3) is 5.91 Å². The van der Waals surface area contributed by atoms with E-state index in [4.69, 9.17) is 10.5 Å². The standard InChI is InChI=1S/C16H23N3O3/c1-19-13-10-12(7-8-14(13)22-11-16(19)21)18-15(20)6-4-2-3-5-9-17/h7-8,10H,2-6,9,11,17H2,1H3,(H,18,20). The van der Waals surface area contributed by atoms with Crippen LogP contribution in [0, 0.1) is 0 Å². The van der Waals surface area contributed by atoms with Crippen LogP contribution in [0.15, 0.2) is 18.2 Å². The molecule has 0 fully saturated rings. The zero-order valence-corrected chi connectivity index (χ0v) is 12.9. The Labute approximate surface area is 130 Å². The molecule has 2 amide bonds. The molecule has 6 nitrogen and oxygen atoms in total. The summed E-state index contributed by atoms with van der Waals surface area (Å²) in [5, 5.41) is 2.86. The van der Waals surface area contributed by atoms with Crippen LogP contribution in [0.2, 0.25) is 0 Å². The number of amides is 2. The molecule has 0 aliphatic carbocycles. The maximum atomic E-state index is 11.9. The Morgan fingerprint density at radius 2 is 2.09 bits per heavy atom. The zero-order chi connectivity index (χ0) is 15.9. The maximum Gasteiger partial charge on any atom is 0.264 e. The molecule has 6 heteroatoms. The van der Waals surface area contributed by atoms with Gasteiger partial charge in [0.05, 0.1) is 5.69 Å². The minimum atomic E-state index is -0.101. The molecular formula is C16H23N3O3. The van der Waals surface area contributed by atoms with Gasteiger partial charge in [-0.3, -0.25) is 9.59 Å². The molecule has 1 aromatic carbocycles. The van der Waals surface area contributed by atoms with E-state index in [0.717, 1.165) is 25.7 Å². The Balaban J connectivity index is 1.88. The van der Waals surface area contributed by atoms with Gasteiger partial charge in [0.15, 0.2) is 6.61 Å². The van der Waals surface area contributed by atoms with Crippen molar-refractivity contribution in [2.45, 2.75) is 32.1 Å². The van der Waals surface area contributed by atoms with Crippen molar-refractivity contribution in [3.8, 4) is 5.75 Å². The normalized spacial score (nSPS) is 13.5. The van der Waals surface area contributed by atoms with Crippen LogP contribution in [0.1, 0.15) is 32.1 Å². The summed E-state index contributed by atoms with van der Waals surface area (Å²) < 4.78 is 5.35. The predicted octanol–water partition coefficient (Wildman–Crippen LogP) is 1.89. The first kappa shape index (κ1) is 16.3. The summed E-state index contributed by atoms with van der Waals surface area (Å²) in [6, 6.07) is 5.32. The van der Waals surface area contributed by atoms with Crippen LogP contribution in [0.25, 0.3) is 0 Å². The molecule has 0 atom stereocenters. The smallest absolute Gasteiger partial charge is 0.264 e. The summed E-state index contributed by atoms with van der Waals surface area (Å²) >= 11 is 0. The van der Waals surface area contributed by atoms with E-state index in [9.17, 15) is 9.59 Å². The third-order valence-corrected chi connectivity index (χ3v) is 3.69. The van der Waals surface area contributed by atoms with Crippen molar-refractivity contribution in [3.05, 3.63) is 18.2 Å². The predicted molar refractivity (Wildman–Crippen MR) is 86.1 cm³/mol. The summed E-state index contributed by atoms with van der Waals surface area (Å²) in [5.41, 5.74) is 6.79. The number of carbonyl (C=O) groups excluding carboxylic acids is 2. The Morgan fingerprint density at radius 1 is 1.32 bits per heavy atom. The second-order valence-electron chi connectivity index (χ2n) is 5.42. The summed E-state index contributed by atoms with van der Waals surface area (Å²) in [5.74, 6) is 0.538. The highest BCUT2D eigenvalue weighted by molar-refractivity contribution is 5.99. The fourth-order valence-electron chi connectivity index (χ4n) is 2.36. The van der Waals surface area contributed by atoms with E-state index >= 15 is 0 Å². The number of likely N-dealkylation sites (N-methyl/N-ethyl adjacent to an activating group) is 1. The number of anilines is 2. The van der Waals surface area contributed by atoms with Crippen LogP contribution in [0.3, 0.4) is 0 Å². The van der Waals surface area contributed by atoms with Crippen LogP contribution in [-0.2, 0) is 9.59 Å². The summed E-state index contributed by atoms with van der Waals surface area (Å²) in [6.45, 7) is 0.758. The van der Waals surface area contributed by atoms with Crippen molar-refractivity contribution in [2.75, 3.05) is 30.4 Å². The fraction of sp³-hybridized carbons (Fsp3) is 0.500. The molecule has 0 unspecified atom stereocenters. The van der Waals surface area contributed by atoms with Gasteiger partial charge < -0.3 is 20.7 Å². The number of hydrogen-bond acceptors (Lipinski definition) is 4. The number of rotatable bonds is 7. The molecular weight excluding hydrogens is 282 g/mol. The van der Waals surface area contributed by atoms with Crippen LogP contribution < -0.4 is 20.7 Å². The van der Waals surface area contributed by atoms with Crippen LogP contribution in [0.4, 0.5) is 11.4 Å². The van der Waals surface area contributed by atoms with Crippen LogP contribution in [0.5, 0.6) is 5.75 Å². The van der Waals surface area contributed by atoms with Gasteiger partial charge in [-0.15, -0.1) is 0 Å². The van der Waals surface area contributed by atoms with Gasteiger partial charge in [-0.1, -0.05) is 12.8 Å². The van der Waals surface area contributed by atoms with Crippen molar-refractivity contribution in [3.63, 3.8) is 0 Å². The molecule has 0 spiro atoms. The number of benzene rings is 1. The maximum absolute atomic E-state index is 11.9. The number of fused-ring (bicyclic) bond motifs is 1. The Kier molecular flexibility index (Phi) is 5.77. The number of hydrogen-bond donors (Lipinski definition) is 2. The lowest BCUT2D eigenvalue weighted by molar-refractivity contribution is -0.121. The van der Waals surface area contributed by atoms with Gasteiger partial charge in [-0.05, 0) is 37.6 Å². The molecule has 0 radical (unpaired) electrons. The van der Waals surface area contributed by atoms with Crippen molar-refractivity contribution < 1.29 is 14.3 Å².